The van der Waals surface area contributed by atoms with Crippen LogP contribution in [-0.4, -0.2) is 24.6 Å². The van der Waals surface area contributed by atoms with E-state index < -0.39 is 21.2 Å². The minimum atomic E-state index is -3.55. The first-order chi connectivity index (χ1) is 10.1. The number of carbonyl (C=O) groups is 1. The molecule has 0 saturated heterocycles. The number of hydrogen-bond donors (Lipinski definition) is 1. The molecular weight excluding hydrogens is 308 g/mol. The molecule has 2 aliphatic rings. The molecule has 2 saturated carbocycles. The lowest BCUT2D eigenvalue weighted by Gasteiger charge is -2.13. The Kier molecular flexibility index (Phi) is 4.31. The van der Waals surface area contributed by atoms with E-state index in [0.717, 1.165) is 44.2 Å². The van der Waals surface area contributed by atoms with Crippen LogP contribution < -0.4 is 4.72 Å². The number of carbonyl (C=O) groups excluding carboxylic acids is 1. The number of hydrogen-bond acceptors (Lipinski definition) is 5. The Hall–Kier alpha value is -0.950. The van der Waals surface area contributed by atoms with Gasteiger partial charge in [-0.2, -0.15) is 0 Å². The van der Waals surface area contributed by atoms with E-state index in [1.807, 2.05) is 0 Å². The van der Waals surface area contributed by atoms with Crippen LogP contribution in [0.25, 0.3) is 0 Å². The molecule has 7 heteroatoms. The van der Waals surface area contributed by atoms with Crippen LogP contribution in [0, 0.1) is 0 Å². The van der Waals surface area contributed by atoms with Crippen molar-refractivity contribution >= 4 is 27.3 Å². The number of rotatable bonds is 4. The molecule has 1 amide bonds. The van der Waals surface area contributed by atoms with Crippen LogP contribution in [0.3, 0.4) is 0 Å². The summed E-state index contributed by atoms with van der Waals surface area (Å²) < 4.78 is 26.7. The highest BCUT2D eigenvalue weighted by atomic mass is 32.2. The van der Waals surface area contributed by atoms with E-state index in [1.165, 1.54) is 11.3 Å². The topological polar surface area (TPSA) is 76.1 Å². The van der Waals surface area contributed by atoms with E-state index in [9.17, 15) is 13.2 Å². The van der Waals surface area contributed by atoms with Gasteiger partial charge < -0.3 is 0 Å². The molecule has 0 aromatic carbocycles. The molecule has 0 spiro atoms. The normalized spacial score (nSPS) is 21.0. The van der Waals surface area contributed by atoms with Gasteiger partial charge in [-0.05, 0) is 25.7 Å². The van der Waals surface area contributed by atoms with Gasteiger partial charge in [0.25, 0.3) is 5.91 Å². The van der Waals surface area contributed by atoms with Gasteiger partial charge in [0, 0.05) is 5.92 Å². The fourth-order valence-electron chi connectivity index (χ4n) is 3.37. The highest BCUT2D eigenvalue weighted by Gasteiger charge is 2.32. The molecule has 1 heterocycles. The first-order valence-electron chi connectivity index (χ1n) is 7.57. The predicted octanol–water partition coefficient (Wildman–Crippen LogP) is 2.80. The molecule has 116 valence electrons. The van der Waals surface area contributed by atoms with Gasteiger partial charge in [-0.15, -0.1) is 11.3 Å². The zero-order valence-corrected chi connectivity index (χ0v) is 13.5. The van der Waals surface area contributed by atoms with E-state index in [1.54, 1.807) is 5.51 Å². The van der Waals surface area contributed by atoms with Crippen molar-refractivity contribution in [2.75, 3.05) is 0 Å². The lowest BCUT2D eigenvalue weighted by Crippen LogP contribution is -2.37. The van der Waals surface area contributed by atoms with Crippen molar-refractivity contribution in [2.45, 2.75) is 62.5 Å². The summed E-state index contributed by atoms with van der Waals surface area (Å²) >= 11 is 1.24. The third kappa shape index (κ3) is 3.13. The molecule has 2 fully saturated rings. The second-order valence-corrected chi connectivity index (χ2v) is 8.75. The number of thiazole rings is 1. The van der Waals surface area contributed by atoms with Crippen molar-refractivity contribution in [3.8, 4) is 0 Å². The summed E-state index contributed by atoms with van der Waals surface area (Å²) in [5.41, 5.74) is 2.43. The van der Waals surface area contributed by atoms with Gasteiger partial charge in [0.05, 0.1) is 16.5 Å². The quantitative estimate of drug-likeness (QED) is 0.922. The van der Waals surface area contributed by atoms with Gasteiger partial charge >= 0.3 is 0 Å². The Balaban J connectivity index is 1.75. The van der Waals surface area contributed by atoms with Gasteiger partial charge in [-0.25, -0.2) is 18.1 Å². The molecule has 1 aromatic rings. The number of nitrogens with one attached hydrogen (secondary N) is 1. The monoisotopic (exact) mass is 328 g/mol. The van der Waals surface area contributed by atoms with Crippen LogP contribution in [0.2, 0.25) is 0 Å². The van der Waals surface area contributed by atoms with Gasteiger partial charge in [0.1, 0.15) is 4.88 Å². The van der Waals surface area contributed by atoms with Crippen LogP contribution in [0.5, 0.6) is 0 Å². The van der Waals surface area contributed by atoms with E-state index >= 15 is 0 Å². The van der Waals surface area contributed by atoms with Crippen molar-refractivity contribution in [2.24, 2.45) is 0 Å². The van der Waals surface area contributed by atoms with Gasteiger partial charge in [0.15, 0.2) is 0 Å². The average molecular weight is 328 g/mol. The number of sulfonamides is 1. The summed E-state index contributed by atoms with van der Waals surface area (Å²) in [4.78, 5) is 17.1. The lowest BCUT2D eigenvalue weighted by atomic mass is 10.0. The Morgan fingerprint density at radius 2 is 1.76 bits per heavy atom. The molecule has 1 N–H and O–H groups in total. The van der Waals surface area contributed by atoms with Crippen molar-refractivity contribution in [1.82, 2.24) is 9.71 Å². The van der Waals surface area contributed by atoms with E-state index in [0.29, 0.717) is 23.6 Å². The molecule has 21 heavy (non-hydrogen) atoms. The maximum absolute atomic E-state index is 12.3. The van der Waals surface area contributed by atoms with Crippen molar-refractivity contribution in [1.29, 1.82) is 0 Å². The lowest BCUT2D eigenvalue weighted by molar-refractivity contribution is 0.0983. The molecule has 0 aliphatic heterocycles. The summed E-state index contributed by atoms with van der Waals surface area (Å²) in [6, 6.07) is 0. The van der Waals surface area contributed by atoms with Gasteiger partial charge in [-0.3, -0.25) is 4.79 Å². The molecule has 0 radical (unpaired) electrons. The van der Waals surface area contributed by atoms with Crippen LogP contribution in [0.1, 0.15) is 72.7 Å². The van der Waals surface area contributed by atoms with Crippen molar-refractivity contribution < 1.29 is 13.2 Å². The Bertz CT molecular complexity index is 612. The predicted molar refractivity (Wildman–Crippen MR) is 82.0 cm³/mol. The highest BCUT2D eigenvalue weighted by molar-refractivity contribution is 7.90. The smallest absolute Gasteiger partial charge is 0.267 e. The number of aromatic nitrogens is 1. The molecule has 0 unspecified atom stereocenters. The van der Waals surface area contributed by atoms with Crippen LogP contribution in [-0.2, 0) is 10.0 Å². The zero-order chi connectivity index (χ0) is 14.9. The average Bonchev–Trinajstić information content (AvgIpc) is 3.19. The fraction of sp³-hybridized carbons (Fsp3) is 0.714. The van der Waals surface area contributed by atoms with Crippen molar-refractivity contribution in [3.05, 3.63) is 16.1 Å². The third-order valence-corrected chi connectivity index (χ3v) is 7.18. The molecule has 3 rings (SSSR count). The number of amides is 1. The SMILES string of the molecule is O=C(NS(=O)(=O)C1CCCC1)c1scnc1C1CCCC1. The first kappa shape index (κ1) is 15.0. The van der Waals surface area contributed by atoms with Gasteiger partial charge in [0.2, 0.25) is 10.0 Å². The number of nitrogens with zero attached hydrogens (tertiary/aromatic N) is 1. The van der Waals surface area contributed by atoms with Crippen LogP contribution in [0.4, 0.5) is 0 Å². The molecule has 1 aromatic heterocycles. The second-order valence-electron chi connectivity index (χ2n) is 5.93. The maximum Gasteiger partial charge on any atom is 0.276 e. The summed E-state index contributed by atoms with van der Waals surface area (Å²) in [5, 5.41) is -0.413. The Labute approximate surface area is 129 Å². The molecule has 0 atom stereocenters. The zero-order valence-electron chi connectivity index (χ0n) is 11.9. The van der Waals surface area contributed by atoms with E-state index in [4.69, 9.17) is 0 Å². The second kappa shape index (κ2) is 6.04. The summed E-state index contributed by atoms with van der Waals surface area (Å²) in [5.74, 6) is -0.183. The van der Waals surface area contributed by atoms with E-state index in [-0.39, 0.29) is 0 Å². The standard InChI is InChI=1S/C14H20N2O3S2/c17-14(16-21(18,19)11-7-3-4-8-11)13-12(15-9-20-13)10-5-1-2-6-10/h9-11H,1-8H2,(H,16,17). The summed E-state index contributed by atoms with van der Waals surface area (Å²) in [7, 11) is -3.55. The molecule has 5 nitrogen and oxygen atoms in total. The molecular formula is C14H20N2O3S2. The Morgan fingerprint density at radius 1 is 1.14 bits per heavy atom. The minimum Gasteiger partial charge on any atom is -0.267 e. The van der Waals surface area contributed by atoms with Gasteiger partial charge in [-0.1, -0.05) is 25.7 Å². The molecule has 0 bridgehead atoms. The fourth-order valence-corrected chi connectivity index (χ4v) is 5.69. The van der Waals surface area contributed by atoms with Crippen LogP contribution >= 0.6 is 11.3 Å². The Morgan fingerprint density at radius 3 is 2.43 bits per heavy atom. The molecule has 2 aliphatic carbocycles. The highest BCUT2D eigenvalue weighted by Crippen LogP contribution is 2.36. The van der Waals surface area contributed by atoms with Crippen molar-refractivity contribution in [3.63, 3.8) is 0 Å². The summed E-state index contributed by atoms with van der Waals surface area (Å²) in [6.45, 7) is 0. The summed E-state index contributed by atoms with van der Waals surface area (Å²) in [6.07, 6.45) is 7.55. The third-order valence-electron chi connectivity index (χ3n) is 4.52. The van der Waals surface area contributed by atoms with E-state index in [2.05, 4.69) is 9.71 Å². The minimum absolute atomic E-state index is 0.311. The maximum atomic E-state index is 12.3. The first-order valence-corrected chi connectivity index (χ1v) is 10.00. The largest absolute Gasteiger partial charge is 0.276 e. The van der Waals surface area contributed by atoms with Crippen LogP contribution in [0.15, 0.2) is 5.51 Å².